The molecule has 2 fully saturated rings. The molecule has 1 aromatic carbocycles. The second kappa shape index (κ2) is 5.53. The summed E-state index contributed by atoms with van der Waals surface area (Å²) in [5, 5.41) is 9.69. The fourth-order valence-electron chi connectivity index (χ4n) is 2.80. The average molecular weight is 310 g/mol. The van der Waals surface area contributed by atoms with Crippen LogP contribution in [0.15, 0.2) is 36.7 Å². The first kappa shape index (κ1) is 14.0. The van der Waals surface area contributed by atoms with Crippen molar-refractivity contribution in [2.24, 2.45) is 5.92 Å². The third kappa shape index (κ3) is 2.84. The van der Waals surface area contributed by atoms with Crippen molar-refractivity contribution in [1.29, 1.82) is 0 Å². The number of hydrogen-bond donors (Lipinski definition) is 2. The molecule has 2 aliphatic rings. The summed E-state index contributed by atoms with van der Waals surface area (Å²) in [6, 6.07) is 7.62. The van der Waals surface area contributed by atoms with Crippen molar-refractivity contribution in [2.75, 3.05) is 13.1 Å². The van der Waals surface area contributed by atoms with Gasteiger partial charge in [-0.3, -0.25) is 14.7 Å². The lowest BCUT2D eigenvalue weighted by Gasteiger charge is -2.39. The first-order valence-electron chi connectivity index (χ1n) is 7.89. The molecule has 1 aliphatic carbocycles. The van der Waals surface area contributed by atoms with Crippen LogP contribution in [0.4, 0.5) is 0 Å². The molecule has 2 amide bonds. The smallest absolute Gasteiger partial charge is 0.253 e. The minimum absolute atomic E-state index is 0.0145. The average Bonchev–Trinajstić information content (AvgIpc) is 3.25. The summed E-state index contributed by atoms with van der Waals surface area (Å²) in [6.45, 7) is 1.20. The standard InChI is InChI=1S/C17H18N4O2/c22-16(12-3-4-12)20-15-9-21(10-15)17(23)13-5-1-11(2-6-13)14-7-18-19-8-14/h1-2,5-8,12,15H,3-4,9-10H2,(H,18,19)(H,20,22). The predicted molar refractivity (Wildman–Crippen MR) is 84.6 cm³/mol. The summed E-state index contributed by atoms with van der Waals surface area (Å²) in [6.07, 6.45) is 5.58. The van der Waals surface area contributed by atoms with Gasteiger partial charge >= 0.3 is 0 Å². The molecule has 118 valence electrons. The van der Waals surface area contributed by atoms with Crippen LogP contribution in [0.3, 0.4) is 0 Å². The highest BCUT2D eigenvalue weighted by Crippen LogP contribution is 2.29. The van der Waals surface area contributed by atoms with E-state index in [-0.39, 0.29) is 23.8 Å². The summed E-state index contributed by atoms with van der Waals surface area (Å²) in [5.41, 5.74) is 2.69. The van der Waals surface area contributed by atoms with Crippen LogP contribution in [-0.4, -0.2) is 46.0 Å². The monoisotopic (exact) mass is 310 g/mol. The molecule has 2 heterocycles. The number of aromatic amines is 1. The van der Waals surface area contributed by atoms with E-state index in [9.17, 15) is 9.59 Å². The van der Waals surface area contributed by atoms with Crippen molar-refractivity contribution in [3.8, 4) is 11.1 Å². The molecule has 1 aliphatic heterocycles. The number of nitrogens with one attached hydrogen (secondary N) is 2. The van der Waals surface area contributed by atoms with Gasteiger partial charge in [0.1, 0.15) is 0 Å². The quantitative estimate of drug-likeness (QED) is 0.896. The van der Waals surface area contributed by atoms with Crippen LogP contribution in [0.1, 0.15) is 23.2 Å². The summed E-state index contributed by atoms with van der Waals surface area (Å²) in [5.74, 6) is 0.377. The number of amides is 2. The molecular formula is C17H18N4O2. The highest BCUT2D eigenvalue weighted by atomic mass is 16.2. The van der Waals surface area contributed by atoms with E-state index in [0.29, 0.717) is 18.7 Å². The van der Waals surface area contributed by atoms with Crippen molar-refractivity contribution in [1.82, 2.24) is 20.4 Å². The van der Waals surface area contributed by atoms with E-state index < -0.39 is 0 Å². The van der Waals surface area contributed by atoms with Gasteiger partial charge in [-0.2, -0.15) is 5.10 Å². The second-order valence-electron chi connectivity index (χ2n) is 6.25. The van der Waals surface area contributed by atoms with E-state index >= 15 is 0 Å². The van der Waals surface area contributed by atoms with Crippen LogP contribution in [0.25, 0.3) is 11.1 Å². The Morgan fingerprint density at radius 3 is 2.48 bits per heavy atom. The molecule has 6 nitrogen and oxygen atoms in total. The lowest BCUT2D eigenvalue weighted by Crippen LogP contribution is -2.61. The number of rotatable bonds is 4. The van der Waals surface area contributed by atoms with Crippen LogP contribution < -0.4 is 5.32 Å². The normalized spacial score (nSPS) is 17.7. The maximum atomic E-state index is 12.4. The Morgan fingerprint density at radius 1 is 1.13 bits per heavy atom. The lowest BCUT2D eigenvalue weighted by atomic mass is 10.0. The molecular weight excluding hydrogens is 292 g/mol. The predicted octanol–water partition coefficient (Wildman–Crippen LogP) is 1.43. The number of carbonyl (C=O) groups excluding carboxylic acids is 2. The SMILES string of the molecule is O=C(NC1CN(C(=O)c2ccc(-c3cn[nH]c3)cc2)C1)C1CC1. The zero-order valence-electron chi connectivity index (χ0n) is 12.7. The maximum absolute atomic E-state index is 12.4. The van der Waals surface area contributed by atoms with Gasteiger partial charge in [-0.1, -0.05) is 12.1 Å². The summed E-state index contributed by atoms with van der Waals surface area (Å²) in [4.78, 5) is 25.8. The highest BCUT2D eigenvalue weighted by Gasteiger charge is 2.36. The van der Waals surface area contributed by atoms with E-state index in [1.54, 1.807) is 11.1 Å². The Morgan fingerprint density at radius 2 is 1.87 bits per heavy atom. The number of likely N-dealkylation sites (tertiary alicyclic amines) is 1. The van der Waals surface area contributed by atoms with E-state index in [1.807, 2.05) is 30.5 Å². The molecule has 6 heteroatoms. The van der Waals surface area contributed by atoms with E-state index in [0.717, 1.165) is 24.0 Å². The Balaban J connectivity index is 1.34. The largest absolute Gasteiger partial charge is 0.350 e. The van der Waals surface area contributed by atoms with Gasteiger partial charge in [-0.25, -0.2) is 0 Å². The zero-order chi connectivity index (χ0) is 15.8. The van der Waals surface area contributed by atoms with Gasteiger partial charge in [-0.15, -0.1) is 0 Å². The molecule has 1 saturated carbocycles. The molecule has 0 spiro atoms. The Hall–Kier alpha value is -2.63. The molecule has 2 aromatic rings. The molecule has 23 heavy (non-hydrogen) atoms. The first-order chi connectivity index (χ1) is 11.2. The van der Waals surface area contributed by atoms with Crippen LogP contribution in [0, 0.1) is 5.92 Å². The molecule has 0 bridgehead atoms. The number of H-pyrrole nitrogens is 1. The summed E-state index contributed by atoms with van der Waals surface area (Å²) < 4.78 is 0. The van der Waals surface area contributed by atoms with Crippen molar-refractivity contribution in [2.45, 2.75) is 18.9 Å². The molecule has 0 atom stereocenters. The first-order valence-corrected chi connectivity index (χ1v) is 7.89. The number of carbonyl (C=O) groups is 2. The fourth-order valence-corrected chi connectivity index (χ4v) is 2.80. The molecule has 2 N–H and O–H groups in total. The molecule has 0 unspecified atom stereocenters. The fraction of sp³-hybridized carbons (Fsp3) is 0.353. The van der Waals surface area contributed by atoms with Crippen LogP contribution in [-0.2, 0) is 4.79 Å². The number of aromatic nitrogens is 2. The molecule has 1 aromatic heterocycles. The van der Waals surface area contributed by atoms with Crippen LogP contribution >= 0.6 is 0 Å². The summed E-state index contributed by atoms with van der Waals surface area (Å²) >= 11 is 0. The van der Waals surface area contributed by atoms with Crippen LogP contribution in [0.2, 0.25) is 0 Å². The minimum Gasteiger partial charge on any atom is -0.350 e. The van der Waals surface area contributed by atoms with Crippen molar-refractivity contribution in [3.05, 3.63) is 42.2 Å². The number of benzene rings is 1. The number of hydrogen-bond acceptors (Lipinski definition) is 3. The third-order valence-corrected chi connectivity index (χ3v) is 4.43. The van der Waals surface area contributed by atoms with E-state index in [2.05, 4.69) is 15.5 Å². The minimum atomic E-state index is 0.0145. The van der Waals surface area contributed by atoms with Crippen LogP contribution in [0.5, 0.6) is 0 Å². The summed E-state index contributed by atoms with van der Waals surface area (Å²) in [7, 11) is 0. The van der Waals surface area contributed by atoms with Gasteiger partial charge in [0.2, 0.25) is 5.91 Å². The lowest BCUT2D eigenvalue weighted by molar-refractivity contribution is -0.123. The van der Waals surface area contributed by atoms with Gasteiger partial charge < -0.3 is 10.2 Å². The third-order valence-electron chi connectivity index (χ3n) is 4.43. The van der Waals surface area contributed by atoms with E-state index in [1.165, 1.54) is 0 Å². The van der Waals surface area contributed by atoms with Gasteiger partial charge in [-0.05, 0) is 30.5 Å². The van der Waals surface area contributed by atoms with Gasteiger partial charge in [0.05, 0.1) is 12.2 Å². The Labute approximate surface area is 133 Å². The van der Waals surface area contributed by atoms with Gasteiger partial charge in [0.25, 0.3) is 5.91 Å². The van der Waals surface area contributed by atoms with E-state index in [4.69, 9.17) is 0 Å². The second-order valence-corrected chi connectivity index (χ2v) is 6.25. The molecule has 0 radical (unpaired) electrons. The van der Waals surface area contributed by atoms with Gasteiger partial charge in [0.15, 0.2) is 0 Å². The number of nitrogens with zero attached hydrogens (tertiary/aromatic N) is 2. The molecule has 1 saturated heterocycles. The Bertz CT molecular complexity index is 714. The topological polar surface area (TPSA) is 78.1 Å². The molecule has 4 rings (SSSR count). The van der Waals surface area contributed by atoms with Crippen molar-refractivity contribution >= 4 is 11.8 Å². The highest BCUT2D eigenvalue weighted by molar-refractivity contribution is 5.95. The van der Waals surface area contributed by atoms with Crippen molar-refractivity contribution in [3.63, 3.8) is 0 Å². The maximum Gasteiger partial charge on any atom is 0.253 e. The van der Waals surface area contributed by atoms with Gasteiger partial charge in [0, 0.05) is 36.3 Å². The Kier molecular flexibility index (Phi) is 3.37. The zero-order valence-corrected chi connectivity index (χ0v) is 12.7. The van der Waals surface area contributed by atoms with Crippen molar-refractivity contribution < 1.29 is 9.59 Å².